The highest BCUT2D eigenvalue weighted by Gasteiger charge is 2.24. The standard InChI is InChI=1S/C12H15N3O2/c13-5-11-4-10(6-14-11)12(17)15-3-1-2-9(7-15)8-16/h4,6,9,14,16H,1-3,7-8H2. The van der Waals surface area contributed by atoms with Crippen molar-refractivity contribution >= 4 is 5.91 Å². The Morgan fingerprint density at radius 2 is 2.53 bits per heavy atom. The van der Waals surface area contributed by atoms with Gasteiger partial charge < -0.3 is 15.0 Å². The number of piperidine rings is 1. The molecule has 5 heteroatoms. The molecule has 1 aromatic heterocycles. The molecule has 0 aromatic carbocycles. The zero-order valence-corrected chi connectivity index (χ0v) is 9.52. The summed E-state index contributed by atoms with van der Waals surface area (Å²) in [5.74, 6) is 0.114. The molecule has 17 heavy (non-hydrogen) atoms. The number of aromatic amines is 1. The second-order valence-electron chi connectivity index (χ2n) is 4.36. The van der Waals surface area contributed by atoms with Gasteiger partial charge in [-0.05, 0) is 24.8 Å². The highest BCUT2D eigenvalue weighted by Crippen LogP contribution is 2.18. The van der Waals surface area contributed by atoms with Crippen molar-refractivity contribution in [2.24, 2.45) is 5.92 Å². The van der Waals surface area contributed by atoms with Gasteiger partial charge in [0.25, 0.3) is 5.91 Å². The van der Waals surface area contributed by atoms with Crippen LogP contribution < -0.4 is 0 Å². The van der Waals surface area contributed by atoms with Crippen LogP contribution in [0.15, 0.2) is 12.3 Å². The van der Waals surface area contributed by atoms with Crippen molar-refractivity contribution in [2.75, 3.05) is 19.7 Å². The molecule has 0 saturated carbocycles. The third-order valence-electron chi connectivity index (χ3n) is 3.11. The minimum absolute atomic E-state index is 0.0686. The largest absolute Gasteiger partial charge is 0.396 e. The van der Waals surface area contributed by atoms with Crippen LogP contribution in [0.3, 0.4) is 0 Å². The molecule has 1 aliphatic rings. The fourth-order valence-electron chi connectivity index (χ4n) is 2.16. The molecule has 1 aliphatic heterocycles. The van der Waals surface area contributed by atoms with E-state index >= 15 is 0 Å². The zero-order chi connectivity index (χ0) is 12.3. The first kappa shape index (κ1) is 11.7. The van der Waals surface area contributed by atoms with Gasteiger partial charge in [-0.15, -0.1) is 0 Å². The maximum absolute atomic E-state index is 12.1. The van der Waals surface area contributed by atoms with Crippen LogP contribution >= 0.6 is 0 Å². The van der Waals surface area contributed by atoms with E-state index in [0.717, 1.165) is 19.4 Å². The van der Waals surface area contributed by atoms with Crippen LogP contribution in [0, 0.1) is 17.2 Å². The molecule has 1 unspecified atom stereocenters. The fraction of sp³-hybridized carbons (Fsp3) is 0.500. The predicted molar refractivity (Wildman–Crippen MR) is 61.2 cm³/mol. The number of H-pyrrole nitrogens is 1. The number of carbonyl (C=O) groups is 1. The lowest BCUT2D eigenvalue weighted by molar-refractivity contribution is 0.0621. The molecule has 2 N–H and O–H groups in total. The Bertz CT molecular complexity index is 447. The van der Waals surface area contributed by atoms with Crippen LogP contribution in [0.2, 0.25) is 0 Å². The number of nitrogens with one attached hydrogen (secondary N) is 1. The van der Waals surface area contributed by atoms with Crippen molar-refractivity contribution in [3.8, 4) is 6.07 Å². The number of nitrogens with zero attached hydrogens (tertiary/aromatic N) is 2. The number of hydrogen-bond acceptors (Lipinski definition) is 3. The van der Waals surface area contributed by atoms with Gasteiger partial charge in [0.15, 0.2) is 0 Å². The number of aromatic nitrogens is 1. The van der Waals surface area contributed by atoms with Gasteiger partial charge in [0.1, 0.15) is 11.8 Å². The number of hydrogen-bond donors (Lipinski definition) is 2. The minimum atomic E-state index is -0.0686. The summed E-state index contributed by atoms with van der Waals surface area (Å²) in [6.07, 6.45) is 3.45. The Labute approximate surface area is 99.7 Å². The Balaban J connectivity index is 2.07. The van der Waals surface area contributed by atoms with E-state index in [0.29, 0.717) is 17.8 Å². The van der Waals surface area contributed by atoms with E-state index in [1.807, 2.05) is 6.07 Å². The molecule has 0 aliphatic carbocycles. The molecule has 2 heterocycles. The topological polar surface area (TPSA) is 80.1 Å². The van der Waals surface area contributed by atoms with Gasteiger partial charge in [0.2, 0.25) is 0 Å². The summed E-state index contributed by atoms with van der Waals surface area (Å²) in [5, 5.41) is 17.8. The average Bonchev–Trinajstić information content (AvgIpc) is 2.86. The molecular weight excluding hydrogens is 218 g/mol. The van der Waals surface area contributed by atoms with Gasteiger partial charge in [0.05, 0.1) is 5.56 Å². The number of aliphatic hydroxyl groups excluding tert-OH is 1. The summed E-state index contributed by atoms with van der Waals surface area (Å²) in [5.41, 5.74) is 0.907. The molecule has 1 aromatic rings. The van der Waals surface area contributed by atoms with Gasteiger partial charge in [-0.3, -0.25) is 4.79 Å². The molecule has 5 nitrogen and oxygen atoms in total. The number of carbonyl (C=O) groups excluding carboxylic acids is 1. The van der Waals surface area contributed by atoms with E-state index in [9.17, 15) is 4.79 Å². The molecule has 0 spiro atoms. The average molecular weight is 233 g/mol. The molecule has 0 bridgehead atoms. The first-order valence-electron chi connectivity index (χ1n) is 5.73. The van der Waals surface area contributed by atoms with Crippen LogP contribution in [0.1, 0.15) is 28.9 Å². The summed E-state index contributed by atoms with van der Waals surface area (Å²) in [4.78, 5) is 16.6. The second kappa shape index (κ2) is 5.02. The van der Waals surface area contributed by atoms with Gasteiger partial charge in [0, 0.05) is 25.9 Å². The number of aliphatic hydroxyl groups is 1. The number of likely N-dealkylation sites (tertiary alicyclic amines) is 1. The maximum atomic E-state index is 12.1. The van der Waals surface area contributed by atoms with Crippen molar-refractivity contribution in [1.29, 1.82) is 5.26 Å². The van der Waals surface area contributed by atoms with E-state index < -0.39 is 0 Å². The SMILES string of the molecule is N#Cc1cc(C(=O)N2CCCC(CO)C2)c[nH]1. The molecule has 0 radical (unpaired) electrons. The van der Waals surface area contributed by atoms with Crippen molar-refractivity contribution in [3.05, 3.63) is 23.5 Å². The van der Waals surface area contributed by atoms with Gasteiger partial charge in [-0.2, -0.15) is 5.26 Å². The molecule has 1 atom stereocenters. The second-order valence-corrected chi connectivity index (χ2v) is 4.36. The van der Waals surface area contributed by atoms with Crippen LogP contribution in [0.4, 0.5) is 0 Å². The molecule has 2 rings (SSSR count). The van der Waals surface area contributed by atoms with Crippen molar-refractivity contribution in [2.45, 2.75) is 12.8 Å². The lowest BCUT2D eigenvalue weighted by atomic mass is 9.98. The summed E-state index contributed by atoms with van der Waals surface area (Å²) < 4.78 is 0. The number of amides is 1. The number of rotatable bonds is 2. The third-order valence-corrected chi connectivity index (χ3v) is 3.11. The van der Waals surface area contributed by atoms with Gasteiger partial charge in [-0.25, -0.2) is 0 Å². The molecule has 90 valence electrons. The highest BCUT2D eigenvalue weighted by molar-refractivity contribution is 5.94. The predicted octanol–water partition coefficient (Wildman–Crippen LogP) is 0.731. The lowest BCUT2D eigenvalue weighted by Gasteiger charge is -2.31. The Morgan fingerprint density at radius 1 is 1.71 bits per heavy atom. The quantitative estimate of drug-likeness (QED) is 0.790. The highest BCUT2D eigenvalue weighted by atomic mass is 16.3. The fourth-order valence-corrected chi connectivity index (χ4v) is 2.16. The molecule has 1 fully saturated rings. The molecule has 1 saturated heterocycles. The normalized spacial score (nSPS) is 20.0. The van der Waals surface area contributed by atoms with Crippen LogP contribution in [-0.4, -0.2) is 40.6 Å². The summed E-state index contributed by atoms with van der Waals surface area (Å²) >= 11 is 0. The minimum Gasteiger partial charge on any atom is -0.396 e. The maximum Gasteiger partial charge on any atom is 0.255 e. The van der Waals surface area contributed by atoms with Crippen molar-refractivity contribution < 1.29 is 9.90 Å². The van der Waals surface area contributed by atoms with Crippen LogP contribution in [0.5, 0.6) is 0 Å². The molecular formula is C12H15N3O2. The molecule has 1 amide bonds. The lowest BCUT2D eigenvalue weighted by Crippen LogP contribution is -2.40. The van der Waals surface area contributed by atoms with E-state index in [4.69, 9.17) is 10.4 Å². The van der Waals surface area contributed by atoms with E-state index in [-0.39, 0.29) is 18.4 Å². The van der Waals surface area contributed by atoms with Crippen LogP contribution in [0.25, 0.3) is 0 Å². The van der Waals surface area contributed by atoms with Crippen molar-refractivity contribution in [3.63, 3.8) is 0 Å². The first-order valence-corrected chi connectivity index (χ1v) is 5.73. The van der Waals surface area contributed by atoms with E-state index in [2.05, 4.69) is 4.98 Å². The van der Waals surface area contributed by atoms with Crippen LogP contribution in [-0.2, 0) is 0 Å². The summed E-state index contributed by atoms with van der Waals surface area (Å²) in [6, 6.07) is 3.52. The van der Waals surface area contributed by atoms with E-state index in [1.54, 1.807) is 17.2 Å². The third kappa shape index (κ3) is 2.48. The van der Waals surface area contributed by atoms with Crippen molar-refractivity contribution in [1.82, 2.24) is 9.88 Å². The zero-order valence-electron chi connectivity index (χ0n) is 9.52. The Kier molecular flexibility index (Phi) is 3.45. The Hall–Kier alpha value is -1.80. The number of nitriles is 1. The first-order chi connectivity index (χ1) is 8.24. The monoisotopic (exact) mass is 233 g/mol. The van der Waals surface area contributed by atoms with E-state index in [1.165, 1.54) is 0 Å². The van der Waals surface area contributed by atoms with Gasteiger partial charge >= 0.3 is 0 Å². The van der Waals surface area contributed by atoms with Gasteiger partial charge in [-0.1, -0.05) is 0 Å². The smallest absolute Gasteiger partial charge is 0.255 e. The Morgan fingerprint density at radius 3 is 3.18 bits per heavy atom. The summed E-state index contributed by atoms with van der Waals surface area (Å²) in [6.45, 7) is 1.45. The summed E-state index contributed by atoms with van der Waals surface area (Å²) in [7, 11) is 0.